The van der Waals surface area contributed by atoms with Gasteiger partial charge in [0.15, 0.2) is 6.61 Å². The van der Waals surface area contributed by atoms with Crippen LogP contribution < -0.4 is 0 Å². The molecule has 0 radical (unpaired) electrons. The van der Waals surface area contributed by atoms with Gasteiger partial charge in [-0.3, -0.25) is 19.3 Å². The molecule has 1 aromatic rings. The number of carbonyl (C=O) groups is 4. The van der Waals surface area contributed by atoms with Crippen molar-refractivity contribution in [2.75, 3.05) is 18.6 Å². The van der Waals surface area contributed by atoms with Crippen molar-refractivity contribution in [3.8, 4) is 0 Å². The molecule has 29 heavy (non-hydrogen) atoms. The number of benzene rings is 1. The first-order chi connectivity index (χ1) is 13.7. The van der Waals surface area contributed by atoms with Crippen LogP contribution in [0.2, 0.25) is 0 Å². The molecule has 0 bridgehead atoms. The number of thioether (sulfide) groups is 1. The third kappa shape index (κ3) is 4.98. The van der Waals surface area contributed by atoms with E-state index < -0.39 is 30.4 Å². The van der Waals surface area contributed by atoms with E-state index >= 15 is 0 Å². The van der Waals surface area contributed by atoms with Crippen molar-refractivity contribution in [1.29, 1.82) is 0 Å². The first kappa shape index (κ1) is 22.9. The van der Waals surface area contributed by atoms with Gasteiger partial charge >= 0.3 is 5.97 Å². The molecule has 1 heterocycles. The Bertz CT molecular complexity index is 750. The highest BCUT2D eigenvalue weighted by atomic mass is 32.2. The first-order valence-electron chi connectivity index (χ1n) is 9.64. The van der Waals surface area contributed by atoms with Crippen molar-refractivity contribution in [1.82, 2.24) is 9.80 Å². The maximum atomic E-state index is 12.8. The number of nitrogens with zero attached hydrogens (tertiary/aromatic N) is 2. The Morgan fingerprint density at radius 2 is 1.55 bits per heavy atom. The van der Waals surface area contributed by atoms with Crippen LogP contribution in [0.3, 0.4) is 0 Å². The van der Waals surface area contributed by atoms with E-state index in [2.05, 4.69) is 0 Å². The van der Waals surface area contributed by atoms with E-state index in [0.29, 0.717) is 5.75 Å². The van der Waals surface area contributed by atoms with E-state index in [4.69, 9.17) is 4.74 Å². The first-order valence-corrected chi connectivity index (χ1v) is 11.0. The third-order valence-corrected chi connectivity index (χ3v) is 5.39. The molecule has 3 amide bonds. The molecular formula is C21H28N2O5S. The molecule has 0 fully saturated rings. The van der Waals surface area contributed by atoms with Gasteiger partial charge in [0.2, 0.25) is 0 Å². The largest absolute Gasteiger partial charge is 0.454 e. The summed E-state index contributed by atoms with van der Waals surface area (Å²) >= 11 is 1.50. The summed E-state index contributed by atoms with van der Waals surface area (Å²) in [5, 5.41) is 0. The Kier molecular flexibility index (Phi) is 7.84. The Morgan fingerprint density at radius 1 is 1.03 bits per heavy atom. The summed E-state index contributed by atoms with van der Waals surface area (Å²) in [4.78, 5) is 53.4. The van der Waals surface area contributed by atoms with Crippen LogP contribution in [-0.2, 0) is 14.3 Å². The second kappa shape index (κ2) is 9.91. The Labute approximate surface area is 175 Å². The van der Waals surface area contributed by atoms with Crippen LogP contribution in [0.5, 0.6) is 0 Å². The molecule has 0 spiro atoms. The van der Waals surface area contributed by atoms with Gasteiger partial charge in [-0.25, -0.2) is 4.79 Å². The number of carbonyl (C=O) groups excluding carboxylic acids is 4. The highest BCUT2D eigenvalue weighted by molar-refractivity contribution is 7.98. The molecule has 7 nitrogen and oxygen atoms in total. The van der Waals surface area contributed by atoms with Gasteiger partial charge in [-0.2, -0.15) is 11.8 Å². The van der Waals surface area contributed by atoms with Crippen molar-refractivity contribution in [2.45, 2.75) is 52.2 Å². The van der Waals surface area contributed by atoms with Gasteiger partial charge in [-0.1, -0.05) is 12.1 Å². The fraction of sp³-hybridized carbons (Fsp3) is 0.524. The summed E-state index contributed by atoms with van der Waals surface area (Å²) in [6.45, 7) is 7.13. The summed E-state index contributed by atoms with van der Waals surface area (Å²) in [5.41, 5.74) is 0.558. The highest BCUT2D eigenvalue weighted by Crippen LogP contribution is 2.26. The minimum atomic E-state index is -1.06. The Balaban J connectivity index is 2.16. The van der Waals surface area contributed by atoms with Gasteiger partial charge in [-0.05, 0) is 58.3 Å². The van der Waals surface area contributed by atoms with Crippen LogP contribution >= 0.6 is 11.8 Å². The number of fused-ring (bicyclic) bond motifs is 1. The van der Waals surface area contributed by atoms with E-state index in [1.54, 1.807) is 29.2 Å². The fourth-order valence-corrected chi connectivity index (χ4v) is 4.01. The van der Waals surface area contributed by atoms with Gasteiger partial charge in [0.25, 0.3) is 17.7 Å². The normalized spacial score (nSPS) is 14.4. The van der Waals surface area contributed by atoms with Crippen molar-refractivity contribution in [3.05, 3.63) is 35.4 Å². The number of imide groups is 1. The van der Waals surface area contributed by atoms with Crippen molar-refractivity contribution in [2.24, 2.45) is 0 Å². The van der Waals surface area contributed by atoms with E-state index in [0.717, 1.165) is 4.90 Å². The quantitative estimate of drug-likeness (QED) is 0.451. The highest BCUT2D eigenvalue weighted by Gasteiger charge is 2.43. The second-order valence-corrected chi connectivity index (χ2v) is 8.40. The molecule has 8 heteroatoms. The van der Waals surface area contributed by atoms with Gasteiger partial charge in [0.05, 0.1) is 11.1 Å². The van der Waals surface area contributed by atoms with Crippen LogP contribution in [0.4, 0.5) is 0 Å². The number of hydrogen-bond acceptors (Lipinski definition) is 6. The number of rotatable bonds is 9. The van der Waals surface area contributed by atoms with Crippen LogP contribution in [0, 0.1) is 0 Å². The standard InChI is InChI=1S/C21H28N2O5S/c1-13(2)22(14(3)4)18(24)12-28-21(27)17(10-11-29-5)23-19(25)15-8-6-7-9-16(15)20(23)26/h6-9,13-14,17H,10-12H2,1-5H3/t17-/m1/s1. The topological polar surface area (TPSA) is 84.0 Å². The third-order valence-electron chi connectivity index (χ3n) is 4.74. The molecule has 1 aliphatic rings. The lowest BCUT2D eigenvalue weighted by molar-refractivity contribution is -0.156. The molecule has 0 unspecified atom stereocenters. The zero-order valence-corrected chi connectivity index (χ0v) is 18.3. The number of ether oxygens (including phenoxy) is 1. The molecule has 1 aromatic carbocycles. The van der Waals surface area contributed by atoms with Gasteiger partial charge in [0.1, 0.15) is 6.04 Å². The molecular weight excluding hydrogens is 392 g/mol. The number of amides is 3. The van der Waals surface area contributed by atoms with E-state index in [1.807, 2.05) is 34.0 Å². The molecule has 0 N–H and O–H groups in total. The minimum absolute atomic E-state index is 0.0373. The maximum absolute atomic E-state index is 12.8. The lowest BCUT2D eigenvalue weighted by atomic mass is 10.1. The Morgan fingerprint density at radius 3 is 2.00 bits per heavy atom. The second-order valence-electron chi connectivity index (χ2n) is 7.42. The van der Waals surface area contributed by atoms with Crippen molar-refractivity contribution in [3.63, 3.8) is 0 Å². The molecule has 1 aliphatic heterocycles. The minimum Gasteiger partial charge on any atom is -0.454 e. The fourth-order valence-electron chi connectivity index (χ4n) is 3.55. The molecule has 0 aliphatic carbocycles. The van der Waals surface area contributed by atoms with Crippen LogP contribution in [0.1, 0.15) is 54.8 Å². The van der Waals surface area contributed by atoms with E-state index in [1.165, 1.54) is 11.8 Å². The molecule has 2 rings (SSSR count). The zero-order valence-electron chi connectivity index (χ0n) is 17.5. The monoisotopic (exact) mass is 420 g/mol. The molecule has 0 saturated heterocycles. The van der Waals surface area contributed by atoms with Gasteiger partial charge < -0.3 is 9.64 Å². The zero-order chi connectivity index (χ0) is 21.7. The van der Waals surface area contributed by atoms with Crippen LogP contribution in [0.25, 0.3) is 0 Å². The summed E-state index contributed by atoms with van der Waals surface area (Å²) in [6.07, 6.45) is 2.13. The van der Waals surface area contributed by atoms with E-state index in [-0.39, 0.29) is 35.5 Å². The van der Waals surface area contributed by atoms with E-state index in [9.17, 15) is 19.2 Å². The summed E-state index contributed by atoms with van der Waals surface area (Å²) in [5.74, 6) is -1.51. The maximum Gasteiger partial charge on any atom is 0.329 e. The predicted molar refractivity (Wildman–Crippen MR) is 112 cm³/mol. The van der Waals surface area contributed by atoms with Crippen molar-refractivity contribution >= 4 is 35.5 Å². The lowest BCUT2D eigenvalue weighted by Crippen LogP contribution is -2.48. The number of hydrogen-bond donors (Lipinski definition) is 0. The van der Waals surface area contributed by atoms with Gasteiger partial charge in [-0.15, -0.1) is 0 Å². The van der Waals surface area contributed by atoms with Crippen LogP contribution in [-0.4, -0.2) is 70.2 Å². The predicted octanol–water partition coefficient (Wildman–Crippen LogP) is 2.59. The molecule has 0 aromatic heterocycles. The smallest absolute Gasteiger partial charge is 0.329 e. The average Bonchev–Trinajstić information content (AvgIpc) is 2.91. The molecule has 1 atom stereocenters. The SMILES string of the molecule is CSCC[C@H](C(=O)OCC(=O)N(C(C)C)C(C)C)N1C(=O)c2ccccc2C1=O. The summed E-state index contributed by atoms with van der Waals surface area (Å²) in [6, 6.07) is 5.35. The number of esters is 1. The average molecular weight is 421 g/mol. The van der Waals surface area contributed by atoms with Crippen molar-refractivity contribution < 1.29 is 23.9 Å². The van der Waals surface area contributed by atoms with Crippen LogP contribution in [0.15, 0.2) is 24.3 Å². The summed E-state index contributed by atoms with van der Waals surface area (Å²) in [7, 11) is 0. The molecule has 158 valence electrons. The Hall–Kier alpha value is -2.35. The summed E-state index contributed by atoms with van der Waals surface area (Å²) < 4.78 is 5.27. The van der Waals surface area contributed by atoms with Gasteiger partial charge in [0, 0.05) is 12.1 Å². The molecule has 0 saturated carbocycles. The lowest BCUT2D eigenvalue weighted by Gasteiger charge is -2.31.